The summed E-state index contributed by atoms with van der Waals surface area (Å²) in [5.41, 5.74) is 3.05. The lowest BCUT2D eigenvalue weighted by Gasteiger charge is -2.40. The SMILES string of the molecule is CC(OC(=O)c1ccc2ncsc2c1)C(=O)N1C(C)CCCC1C. The zero-order valence-electron chi connectivity index (χ0n) is 14.2. The molecule has 0 aliphatic carbocycles. The summed E-state index contributed by atoms with van der Waals surface area (Å²) >= 11 is 1.47. The predicted octanol–water partition coefficient (Wildman–Crippen LogP) is 3.63. The molecule has 0 N–H and O–H groups in total. The lowest BCUT2D eigenvalue weighted by molar-refractivity contribution is -0.146. The Morgan fingerprint density at radius 2 is 2.00 bits per heavy atom. The zero-order chi connectivity index (χ0) is 17.3. The van der Waals surface area contributed by atoms with Crippen LogP contribution >= 0.6 is 11.3 Å². The molecular formula is C18H22N2O3S. The van der Waals surface area contributed by atoms with Gasteiger partial charge >= 0.3 is 5.97 Å². The number of hydrogen-bond donors (Lipinski definition) is 0. The lowest BCUT2D eigenvalue weighted by Crippen LogP contribution is -2.51. The normalized spacial score (nSPS) is 22.4. The second-order valence-corrected chi connectivity index (χ2v) is 7.34. The van der Waals surface area contributed by atoms with Crippen LogP contribution in [0.4, 0.5) is 0 Å². The van der Waals surface area contributed by atoms with E-state index in [0.29, 0.717) is 5.56 Å². The Morgan fingerprint density at radius 3 is 2.71 bits per heavy atom. The molecule has 0 saturated carbocycles. The van der Waals surface area contributed by atoms with Crippen molar-refractivity contribution in [3.05, 3.63) is 29.3 Å². The van der Waals surface area contributed by atoms with Gasteiger partial charge < -0.3 is 9.64 Å². The molecule has 3 atom stereocenters. The number of esters is 1. The third-order valence-electron chi connectivity index (χ3n) is 4.65. The molecule has 1 aliphatic heterocycles. The molecule has 2 heterocycles. The topological polar surface area (TPSA) is 59.5 Å². The fourth-order valence-electron chi connectivity index (χ4n) is 3.33. The molecule has 3 unspecified atom stereocenters. The Labute approximate surface area is 145 Å². The third-order valence-corrected chi connectivity index (χ3v) is 5.44. The van der Waals surface area contributed by atoms with Gasteiger partial charge in [0.05, 0.1) is 21.3 Å². The molecular weight excluding hydrogens is 324 g/mol. The molecule has 6 heteroatoms. The number of rotatable bonds is 3. The number of thiazole rings is 1. The second-order valence-electron chi connectivity index (χ2n) is 6.46. The quantitative estimate of drug-likeness (QED) is 0.796. The monoisotopic (exact) mass is 346 g/mol. The molecule has 2 aromatic rings. The van der Waals surface area contributed by atoms with Gasteiger partial charge in [-0.2, -0.15) is 0 Å². The zero-order valence-corrected chi connectivity index (χ0v) is 15.0. The number of amides is 1. The minimum atomic E-state index is -0.780. The molecule has 5 nitrogen and oxygen atoms in total. The maximum atomic E-state index is 12.7. The first-order chi connectivity index (χ1) is 11.5. The highest BCUT2D eigenvalue weighted by atomic mass is 32.1. The Hall–Kier alpha value is -1.95. The van der Waals surface area contributed by atoms with Gasteiger partial charge in [0.15, 0.2) is 6.10 Å². The third kappa shape index (κ3) is 3.29. The van der Waals surface area contributed by atoms with E-state index < -0.39 is 12.1 Å². The first kappa shape index (κ1) is 16.9. The molecule has 0 radical (unpaired) electrons. The van der Waals surface area contributed by atoms with Gasteiger partial charge in [0.25, 0.3) is 5.91 Å². The average Bonchev–Trinajstić information content (AvgIpc) is 3.01. The molecule has 1 aliphatic rings. The van der Waals surface area contributed by atoms with Crippen LogP contribution in [0.2, 0.25) is 0 Å². The summed E-state index contributed by atoms with van der Waals surface area (Å²) in [7, 11) is 0. The van der Waals surface area contributed by atoms with E-state index in [9.17, 15) is 9.59 Å². The number of carbonyl (C=O) groups is 2. The molecule has 1 amide bonds. The first-order valence-corrected chi connectivity index (χ1v) is 9.21. The van der Waals surface area contributed by atoms with E-state index in [1.54, 1.807) is 30.6 Å². The number of likely N-dealkylation sites (tertiary alicyclic amines) is 1. The van der Waals surface area contributed by atoms with Gasteiger partial charge in [0.2, 0.25) is 0 Å². The number of carbonyl (C=O) groups excluding carboxylic acids is 2. The van der Waals surface area contributed by atoms with Gasteiger partial charge in [-0.1, -0.05) is 0 Å². The van der Waals surface area contributed by atoms with Crippen molar-refractivity contribution < 1.29 is 14.3 Å². The van der Waals surface area contributed by atoms with Crippen LogP contribution in [0.5, 0.6) is 0 Å². The van der Waals surface area contributed by atoms with Gasteiger partial charge in [-0.15, -0.1) is 11.3 Å². The summed E-state index contributed by atoms with van der Waals surface area (Å²) in [6.45, 7) is 5.76. The summed E-state index contributed by atoms with van der Waals surface area (Å²) < 4.78 is 6.36. The highest BCUT2D eigenvalue weighted by Crippen LogP contribution is 2.24. The van der Waals surface area contributed by atoms with Gasteiger partial charge in [-0.25, -0.2) is 9.78 Å². The van der Waals surface area contributed by atoms with Crippen molar-refractivity contribution in [1.29, 1.82) is 0 Å². The summed E-state index contributed by atoms with van der Waals surface area (Å²) in [5.74, 6) is -0.578. The van der Waals surface area contributed by atoms with Crippen LogP contribution in [-0.4, -0.2) is 39.9 Å². The Kier molecular flexibility index (Phi) is 4.85. The molecule has 24 heavy (non-hydrogen) atoms. The van der Waals surface area contributed by atoms with E-state index in [1.807, 2.05) is 4.90 Å². The number of fused-ring (bicyclic) bond motifs is 1. The Bertz CT molecular complexity index is 748. The molecule has 0 spiro atoms. The van der Waals surface area contributed by atoms with Crippen LogP contribution in [0.15, 0.2) is 23.7 Å². The largest absolute Gasteiger partial charge is 0.449 e. The molecule has 1 fully saturated rings. The highest BCUT2D eigenvalue weighted by Gasteiger charge is 2.33. The van der Waals surface area contributed by atoms with Crippen molar-refractivity contribution in [2.24, 2.45) is 0 Å². The average molecular weight is 346 g/mol. The summed E-state index contributed by atoms with van der Waals surface area (Å²) in [6, 6.07) is 5.63. The van der Waals surface area contributed by atoms with Crippen LogP contribution in [0, 0.1) is 0 Å². The van der Waals surface area contributed by atoms with Gasteiger partial charge in [0, 0.05) is 12.1 Å². The molecule has 0 bridgehead atoms. The summed E-state index contributed by atoms with van der Waals surface area (Å²) in [5, 5.41) is 0. The number of aromatic nitrogens is 1. The second kappa shape index (κ2) is 6.89. The lowest BCUT2D eigenvalue weighted by atomic mass is 9.97. The minimum absolute atomic E-state index is 0.109. The number of nitrogens with zero attached hydrogens (tertiary/aromatic N) is 2. The van der Waals surface area contributed by atoms with Crippen molar-refractivity contribution >= 4 is 33.4 Å². The van der Waals surface area contributed by atoms with Crippen molar-refractivity contribution in [2.75, 3.05) is 0 Å². The van der Waals surface area contributed by atoms with E-state index in [-0.39, 0.29) is 18.0 Å². The van der Waals surface area contributed by atoms with Crippen LogP contribution in [-0.2, 0) is 9.53 Å². The van der Waals surface area contributed by atoms with E-state index in [2.05, 4.69) is 18.8 Å². The van der Waals surface area contributed by atoms with Crippen molar-refractivity contribution in [3.63, 3.8) is 0 Å². The van der Waals surface area contributed by atoms with Crippen LogP contribution in [0.3, 0.4) is 0 Å². The first-order valence-electron chi connectivity index (χ1n) is 8.33. The number of piperidine rings is 1. The smallest absolute Gasteiger partial charge is 0.338 e. The molecule has 1 saturated heterocycles. The maximum absolute atomic E-state index is 12.7. The van der Waals surface area contributed by atoms with Crippen LogP contribution in [0.1, 0.15) is 50.4 Å². The van der Waals surface area contributed by atoms with Crippen molar-refractivity contribution in [2.45, 2.75) is 58.2 Å². The molecule has 1 aromatic carbocycles. The number of hydrogen-bond acceptors (Lipinski definition) is 5. The molecule has 3 rings (SSSR count). The minimum Gasteiger partial charge on any atom is -0.449 e. The van der Waals surface area contributed by atoms with Gasteiger partial charge in [0.1, 0.15) is 0 Å². The van der Waals surface area contributed by atoms with E-state index in [4.69, 9.17) is 4.74 Å². The predicted molar refractivity (Wildman–Crippen MR) is 94.1 cm³/mol. The summed E-state index contributed by atoms with van der Waals surface area (Å²) in [4.78, 5) is 31.1. The van der Waals surface area contributed by atoms with Crippen LogP contribution < -0.4 is 0 Å². The maximum Gasteiger partial charge on any atom is 0.338 e. The summed E-state index contributed by atoms with van der Waals surface area (Å²) in [6.07, 6.45) is 2.35. The fraction of sp³-hybridized carbons (Fsp3) is 0.500. The Balaban J connectivity index is 1.69. The fourth-order valence-corrected chi connectivity index (χ4v) is 4.04. The number of benzene rings is 1. The van der Waals surface area contributed by atoms with E-state index in [1.165, 1.54) is 11.3 Å². The van der Waals surface area contributed by atoms with Gasteiger partial charge in [-0.05, 0) is 58.2 Å². The van der Waals surface area contributed by atoms with Crippen LogP contribution in [0.25, 0.3) is 10.2 Å². The van der Waals surface area contributed by atoms with E-state index >= 15 is 0 Å². The molecule has 1 aromatic heterocycles. The van der Waals surface area contributed by atoms with Crippen molar-refractivity contribution in [3.8, 4) is 0 Å². The Morgan fingerprint density at radius 1 is 1.29 bits per heavy atom. The number of ether oxygens (including phenoxy) is 1. The van der Waals surface area contributed by atoms with Gasteiger partial charge in [-0.3, -0.25) is 4.79 Å². The standard InChI is InChI=1S/C18H22N2O3S/c1-11-5-4-6-12(2)20(11)17(21)13(3)23-18(22)14-7-8-15-16(9-14)24-10-19-15/h7-13H,4-6H2,1-3H3. The van der Waals surface area contributed by atoms with E-state index in [0.717, 1.165) is 29.5 Å². The highest BCUT2D eigenvalue weighted by molar-refractivity contribution is 7.16. The molecule has 128 valence electrons. The van der Waals surface area contributed by atoms with Crippen molar-refractivity contribution in [1.82, 2.24) is 9.88 Å².